The van der Waals surface area contributed by atoms with E-state index in [0.717, 1.165) is 13.0 Å². The zero-order valence-electron chi connectivity index (χ0n) is 12.2. The number of nitrogens with one attached hydrogen (secondary N) is 1. The van der Waals surface area contributed by atoms with Gasteiger partial charge in [-0.25, -0.2) is 0 Å². The molecule has 110 valence electrons. The van der Waals surface area contributed by atoms with E-state index in [9.17, 15) is 0 Å². The average Bonchev–Trinajstić information content (AvgIpc) is 3.13. The predicted octanol–water partition coefficient (Wildman–Crippen LogP) is 3.03. The number of hydrazine groups is 1. The Morgan fingerprint density at radius 1 is 1.25 bits per heavy atom. The van der Waals surface area contributed by atoms with Gasteiger partial charge in [-0.15, -0.1) is 0 Å². The minimum atomic E-state index is 0.280. The van der Waals surface area contributed by atoms with Gasteiger partial charge in [0.15, 0.2) is 0 Å². The molecule has 2 aliphatic rings. The van der Waals surface area contributed by atoms with Gasteiger partial charge in [0.05, 0.1) is 6.10 Å². The standard InChI is InChI=1S/C17H26N2O/c18-19-17(8-2-6-16-7-3-11-20-16)15-10-9-13-4-1-5-14(13)12-15/h9-10,12,16-17,19H,1-8,11,18H2. The summed E-state index contributed by atoms with van der Waals surface area (Å²) in [7, 11) is 0. The topological polar surface area (TPSA) is 47.3 Å². The van der Waals surface area contributed by atoms with Crippen LogP contribution in [0.2, 0.25) is 0 Å². The number of ether oxygens (including phenoxy) is 1. The molecular formula is C17H26N2O. The summed E-state index contributed by atoms with van der Waals surface area (Å²) in [4.78, 5) is 0. The lowest BCUT2D eigenvalue weighted by Gasteiger charge is -2.18. The summed E-state index contributed by atoms with van der Waals surface area (Å²) < 4.78 is 5.68. The van der Waals surface area contributed by atoms with Crippen LogP contribution in [-0.4, -0.2) is 12.7 Å². The van der Waals surface area contributed by atoms with Gasteiger partial charge in [0, 0.05) is 12.6 Å². The van der Waals surface area contributed by atoms with E-state index >= 15 is 0 Å². The largest absolute Gasteiger partial charge is 0.378 e. The number of fused-ring (bicyclic) bond motifs is 1. The van der Waals surface area contributed by atoms with Crippen LogP contribution in [0, 0.1) is 0 Å². The van der Waals surface area contributed by atoms with Gasteiger partial charge in [-0.1, -0.05) is 18.2 Å². The lowest BCUT2D eigenvalue weighted by molar-refractivity contribution is 0.101. The van der Waals surface area contributed by atoms with Crippen molar-refractivity contribution in [1.82, 2.24) is 5.43 Å². The van der Waals surface area contributed by atoms with E-state index in [4.69, 9.17) is 10.6 Å². The maximum atomic E-state index is 5.76. The fourth-order valence-electron chi connectivity index (χ4n) is 3.58. The van der Waals surface area contributed by atoms with Gasteiger partial charge < -0.3 is 4.74 Å². The molecule has 1 aromatic carbocycles. The van der Waals surface area contributed by atoms with Crippen LogP contribution in [0.15, 0.2) is 18.2 Å². The number of aryl methyl sites for hydroxylation is 2. The van der Waals surface area contributed by atoms with E-state index in [1.54, 1.807) is 0 Å². The molecule has 2 unspecified atom stereocenters. The third-order valence-electron chi connectivity index (χ3n) is 4.77. The number of hydrogen-bond donors (Lipinski definition) is 2. The second kappa shape index (κ2) is 6.70. The molecule has 0 aromatic heterocycles. The second-order valence-corrected chi connectivity index (χ2v) is 6.17. The lowest BCUT2D eigenvalue weighted by atomic mass is 9.97. The molecule has 0 saturated carbocycles. The number of nitrogens with two attached hydrogens (primary N) is 1. The van der Waals surface area contributed by atoms with E-state index < -0.39 is 0 Å². The SMILES string of the molecule is NNC(CCCC1CCCO1)c1ccc2c(c1)CCC2. The smallest absolute Gasteiger partial charge is 0.0576 e. The fraction of sp³-hybridized carbons (Fsp3) is 0.647. The fourth-order valence-corrected chi connectivity index (χ4v) is 3.58. The molecule has 1 fully saturated rings. The first-order chi connectivity index (χ1) is 9.86. The molecule has 0 bridgehead atoms. The summed E-state index contributed by atoms with van der Waals surface area (Å²) in [5, 5.41) is 0. The monoisotopic (exact) mass is 274 g/mol. The van der Waals surface area contributed by atoms with Crippen molar-refractivity contribution >= 4 is 0 Å². The molecular weight excluding hydrogens is 248 g/mol. The van der Waals surface area contributed by atoms with Crippen LogP contribution in [0.4, 0.5) is 0 Å². The molecule has 3 rings (SSSR count). The van der Waals surface area contributed by atoms with E-state index in [0.29, 0.717) is 6.10 Å². The summed E-state index contributed by atoms with van der Waals surface area (Å²) in [6.07, 6.45) is 10.2. The summed E-state index contributed by atoms with van der Waals surface area (Å²) in [5.74, 6) is 5.76. The second-order valence-electron chi connectivity index (χ2n) is 6.17. The Labute approximate surface area is 121 Å². The highest BCUT2D eigenvalue weighted by atomic mass is 16.5. The third-order valence-corrected chi connectivity index (χ3v) is 4.77. The molecule has 3 N–H and O–H groups in total. The van der Waals surface area contributed by atoms with Crippen molar-refractivity contribution in [2.45, 2.75) is 63.5 Å². The van der Waals surface area contributed by atoms with Gasteiger partial charge in [-0.2, -0.15) is 0 Å². The molecule has 1 heterocycles. The molecule has 0 radical (unpaired) electrons. The highest BCUT2D eigenvalue weighted by Crippen LogP contribution is 2.28. The minimum Gasteiger partial charge on any atom is -0.378 e. The average molecular weight is 274 g/mol. The Balaban J connectivity index is 1.55. The van der Waals surface area contributed by atoms with Crippen LogP contribution < -0.4 is 11.3 Å². The molecule has 0 spiro atoms. The Morgan fingerprint density at radius 2 is 2.15 bits per heavy atom. The van der Waals surface area contributed by atoms with Gasteiger partial charge >= 0.3 is 0 Å². The third kappa shape index (κ3) is 3.22. The Bertz CT molecular complexity index is 441. The summed E-state index contributed by atoms with van der Waals surface area (Å²) in [5.41, 5.74) is 7.40. The summed E-state index contributed by atoms with van der Waals surface area (Å²) in [6.45, 7) is 0.952. The van der Waals surface area contributed by atoms with Crippen molar-refractivity contribution in [2.24, 2.45) is 5.84 Å². The van der Waals surface area contributed by atoms with E-state index in [1.807, 2.05) is 0 Å². The predicted molar refractivity (Wildman–Crippen MR) is 81.4 cm³/mol. The molecule has 3 nitrogen and oxygen atoms in total. The first-order valence-corrected chi connectivity index (χ1v) is 8.06. The zero-order valence-corrected chi connectivity index (χ0v) is 12.2. The van der Waals surface area contributed by atoms with Crippen molar-refractivity contribution in [3.05, 3.63) is 34.9 Å². The van der Waals surface area contributed by atoms with E-state index in [1.165, 1.54) is 61.6 Å². The highest BCUT2D eigenvalue weighted by molar-refractivity contribution is 5.36. The molecule has 20 heavy (non-hydrogen) atoms. The number of benzene rings is 1. The first kappa shape index (κ1) is 14.1. The molecule has 1 aromatic rings. The van der Waals surface area contributed by atoms with Gasteiger partial charge in [-0.05, 0) is 68.1 Å². The van der Waals surface area contributed by atoms with Crippen LogP contribution in [0.5, 0.6) is 0 Å². The number of hydrogen-bond acceptors (Lipinski definition) is 3. The maximum absolute atomic E-state index is 5.76. The Kier molecular flexibility index (Phi) is 4.71. The van der Waals surface area contributed by atoms with E-state index in [2.05, 4.69) is 23.6 Å². The van der Waals surface area contributed by atoms with Crippen LogP contribution in [-0.2, 0) is 17.6 Å². The van der Waals surface area contributed by atoms with Crippen LogP contribution >= 0.6 is 0 Å². The van der Waals surface area contributed by atoms with Crippen LogP contribution in [0.1, 0.15) is 61.3 Å². The van der Waals surface area contributed by atoms with Crippen molar-refractivity contribution in [3.63, 3.8) is 0 Å². The van der Waals surface area contributed by atoms with Crippen molar-refractivity contribution in [2.75, 3.05) is 6.61 Å². The minimum absolute atomic E-state index is 0.280. The molecule has 1 aliphatic heterocycles. The Hall–Kier alpha value is -0.900. The molecule has 1 saturated heterocycles. The maximum Gasteiger partial charge on any atom is 0.0576 e. The van der Waals surface area contributed by atoms with Crippen LogP contribution in [0.25, 0.3) is 0 Å². The molecule has 2 atom stereocenters. The van der Waals surface area contributed by atoms with E-state index in [-0.39, 0.29) is 6.04 Å². The summed E-state index contributed by atoms with van der Waals surface area (Å²) >= 11 is 0. The molecule has 1 aliphatic carbocycles. The molecule has 3 heteroatoms. The van der Waals surface area contributed by atoms with Gasteiger partial charge in [0.2, 0.25) is 0 Å². The number of rotatable bonds is 6. The van der Waals surface area contributed by atoms with Crippen molar-refractivity contribution < 1.29 is 4.74 Å². The van der Waals surface area contributed by atoms with Gasteiger partial charge in [-0.3, -0.25) is 11.3 Å². The first-order valence-electron chi connectivity index (χ1n) is 8.06. The summed E-state index contributed by atoms with van der Waals surface area (Å²) in [6, 6.07) is 7.18. The lowest BCUT2D eigenvalue weighted by Crippen LogP contribution is -2.28. The highest BCUT2D eigenvalue weighted by Gasteiger charge is 2.18. The van der Waals surface area contributed by atoms with Gasteiger partial charge in [0.1, 0.15) is 0 Å². The zero-order chi connectivity index (χ0) is 13.8. The molecule has 0 amide bonds. The van der Waals surface area contributed by atoms with Crippen molar-refractivity contribution in [3.8, 4) is 0 Å². The quantitative estimate of drug-likeness (QED) is 0.619. The van der Waals surface area contributed by atoms with Gasteiger partial charge in [0.25, 0.3) is 0 Å². The van der Waals surface area contributed by atoms with Crippen LogP contribution in [0.3, 0.4) is 0 Å². The van der Waals surface area contributed by atoms with Crippen molar-refractivity contribution in [1.29, 1.82) is 0 Å². The normalized spacial score (nSPS) is 22.9. The Morgan fingerprint density at radius 3 is 2.95 bits per heavy atom.